The molecule has 1 fully saturated rings. The third-order valence-electron chi connectivity index (χ3n) is 5.06. The van der Waals surface area contributed by atoms with E-state index in [9.17, 15) is 0 Å². The van der Waals surface area contributed by atoms with Gasteiger partial charge in [0, 0.05) is 18.3 Å². The molecule has 2 aromatic heterocycles. The van der Waals surface area contributed by atoms with Gasteiger partial charge < -0.3 is 18.7 Å². The van der Waals surface area contributed by atoms with Gasteiger partial charge in [-0.2, -0.15) is 0 Å². The molecule has 2 heterocycles. The standard InChI is InChI=1S/C20H23N3O3S/c1-24-18-5-3-2-4-15(18)19-11-17-20(26-19)16(8-9-22-17)23-14-7-6-13(10-14)12-25-27-21/h2-5,8-9,11,13-14H,6-7,10,12,21H2,1H3,(H,22,23)/t13-,14+/m1/s1. The van der Waals surface area contributed by atoms with Crippen molar-refractivity contribution in [1.29, 1.82) is 0 Å². The van der Waals surface area contributed by atoms with Crippen molar-refractivity contribution in [1.82, 2.24) is 4.98 Å². The van der Waals surface area contributed by atoms with E-state index in [0.29, 0.717) is 18.6 Å². The van der Waals surface area contributed by atoms with Crippen LogP contribution in [-0.2, 0) is 4.18 Å². The van der Waals surface area contributed by atoms with Crippen LogP contribution in [-0.4, -0.2) is 24.7 Å². The Balaban J connectivity index is 1.57. The second kappa shape index (κ2) is 8.21. The van der Waals surface area contributed by atoms with Gasteiger partial charge in [0.15, 0.2) is 5.58 Å². The number of para-hydroxylation sites is 1. The van der Waals surface area contributed by atoms with E-state index < -0.39 is 0 Å². The fourth-order valence-electron chi connectivity index (χ4n) is 3.75. The topological polar surface area (TPSA) is 82.5 Å². The number of ether oxygens (including phenoxy) is 1. The molecule has 0 unspecified atom stereocenters. The average molecular weight is 385 g/mol. The Morgan fingerprint density at radius 3 is 3.04 bits per heavy atom. The number of nitrogens with two attached hydrogens (primary N) is 1. The van der Waals surface area contributed by atoms with Crippen LogP contribution >= 0.6 is 12.2 Å². The first-order chi connectivity index (χ1) is 13.3. The number of pyridine rings is 1. The van der Waals surface area contributed by atoms with Crippen LogP contribution in [0.5, 0.6) is 5.75 Å². The molecule has 0 amide bonds. The van der Waals surface area contributed by atoms with Gasteiger partial charge in [-0.3, -0.25) is 10.1 Å². The zero-order valence-electron chi connectivity index (χ0n) is 15.2. The maximum atomic E-state index is 6.18. The molecule has 27 heavy (non-hydrogen) atoms. The van der Waals surface area contributed by atoms with Gasteiger partial charge in [0.1, 0.15) is 17.0 Å². The zero-order valence-corrected chi connectivity index (χ0v) is 16.0. The number of methoxy groups -OCH3 is 1. The number of nitrogens with one attached hydrogen (secondary N) is 1. The van der Waals surface area contributed by atoms with Crippen LogP contribution in [0.25, 0.3) is 22.4 Å². The van der Waals surface area contributed by atoms with Gasteiger partial charge in [-0.15, -0.1) is 0 Å². The molecular weight excluding hydrogens is 362 g/mol. The van der Waals surface area contributed by atoms with Crippen molar-refractivity contribution in [2.45, 2.75) is 25.3 Å². The van der Waals surface area contributed by atoms with Crippen LogP contribution in [0.1, 0.15) is 19.3 Å². The highest BCUT2D eigenvalue weighted by Gasteiger charge is 2.26. The first-order valence-electron chi connectivity index (χ1n) is 9.05. The Morgan fingerprint density at radius 2 is 2.19 bits per heavy atom. The van der Waals surface area contributed by atoms with Crippen molar-refractivity contribution in [2.24, 2.45) is 11.1 Å². The maximum Gasteiger partial charge on any atom is 0.176 e. The van der Waals surface area contributed by atoms with Gasteiger partial charge in [0.05, 0.1) is 37.2 Å². The molecule has 1 saturated carbocycles. The minimum absolute atomic E-state index is 0.395. The molecule has 1 aromatic carbocycles. The minimum atomic E-state index is 0.395. The number of aromatic nitrogens is 1. The third kappa shape index (κ3) is 3.90. The molecule has 0 radical (unpaired) electrons. The predicted molar refractivity (Wildman–Crippen MR) is 108 cm³/mol. The van der Waals surface area contributed by atoms with Gasteiger partial charge in [-0.25, -0.2) is 0 Å². The molecule has 4 rings (SSSR count). The lowest BCUT2D eigenvalue weighted by molar-refractivity contribution is 0.290. The number of furan rings is 1. The summed E-state index contributed by atoms with van der Waals surface area (Å²) in [6, 6.07) is 12.2. The van der Waals surface area contributed by atoms with E-state index in [2.05, 4.69) is 10.3 Å². The van der Waals surface area contributed by atoms with Gasteiger partial charge in [-0.1, -0.05) is 12.1 Å². The summed E-state index contributed by atoms with van der Waals surface area (Å²) in [5.41, 5.74) is 3.50. The first-order valence-corrected chi connectivity index (χ1v) is 9.85. The SMILES string of the molecule is COc1ccccc1-c1cc2nccc(N[C@H]3CC[C@@H](COSN)C3)c2o1. The van der Waals surface area contributed by atoms with Crippen molar-refractivity contribution in [3.05, 3.63) is 42.6 Å². The number of nitrogens with zero attached hydrogens (tertiary/aromatic N) is 1. The molecule has 1 aliphatic carbocycles. The van der Waals surface area contributed by atoms with Crippen molar-refractivity contribution in [2.75, 3.05) is 19.0 Å². The minimum Gasteiger partial charge on any atom is -0.496 e. The van der Waals surface area contributed by atoms with Crippen molar-refractivity contribution in [3.8, 4) is 17.1 Å². The number of anilines is 1. The molecule has 0 spiro atoms. The van der Waals surface area contributed by atoms with E-state index in [-0.39, 0.29) is 0 Å². The highest BCUT2D eigenvalue weighted by molar-refractivity contribution is 7.92. The van der Waals surface area contributed by atoms with Gasteiger partial charge in [-0.05, 0) is 43.4 Å². The zero-order chi connectivity index (χ0) is 18.6. The van der Waals surface area contributed by atoms with Crippen LogP contribution < -0.4 is 15.2 Å². The Labute approximate surface area is 162 Å². The normalized spacial score (nSPS) is 19.5. The summed E-state index contributed by atoms with van der Waals surface area (Å²) < 4.78 is 16.9. The third-order valence-corrected chi connectivity index (χ3v) is 5.33. The second-order valence-corrected chi connectivity index (χ2v) is 7.21. The lowest BCUT2D eigenvalue weighted by atomic mass is 10.1. The fraction of sp³-hybridized carbons (Fsp3) is 0.350. The molecule has 3 N–H and O–H groups in total. The van der Waals surface area contributed by atoms with Crippen LogP contribution in [0.15, 0.2) is 47.0 Å². The second-order valence-electron chi connectivity index (χ2n) is 6.78. The van der Waals surface area contributed by atoms with E-state index in [0.717, 1.165) is 65.4 Å². The van der Waals surface area contributed by atoms with Gasteiger partial charge in [0.25, 0.3) is 0 Å². The first kappa shape index (κ1) is 18.2. The Bertz CT molecular complexity index is 914. The Hall–Kier alpha value is -2.22. The van der Waals surface area contributed by atoms with Gasteiger partial charge in [0.2, 0.25) is 0 Å². The largest absolute Gasteiger partial charge is 0.496 e. The number of rotatable bonds is 7. The molecule has 2 atom stereocenters. The number of hydrogen-bond donors (Lipinski definition) is 2. The highest BCUT2D eigenvalue weighted by atomic mass is 32.2. The lowest BCUT2D eigenvalue weighted by Gasteiger charge is -2.14. The number of fused-ring (bicyclic) bond motifs is 1. The van der Waals surface area contributed by atoms with Crippen molar-refractivity contribution in [3.63, 3.8) is 0 Å². The summed E-state index contributed by atoms with van der Waals surface area (Å²) in [6.07, 6.45) is 5.11. The van der Waals surface area contributed by atoms with Crippen LogP contribution in [0.3, 0.4) is 0 Å². The Morgan fingerprint density at radius 1 is 1.30 bits per heavy atom. The molecule has 142 valence electrons. The van der Waals surface area contributed by atoms with Crippen LogP contribution in [0.2, 0.25) is 0 Å². The summed E-state index contributed by atoms with van der Waals surface area (Å²) in [5.74, 6) is 2.07. The highest BCUT2D eigenvalue weighted by Crippen LogP contribution is 2.37. The molecule has 0 aliphatic heterocycles. The molecule has 7 heteroatoms. The van der Waals surface area contributed by atoms with Crippen molar-refractivity contribution < 1.29 is 13.3 Å². The quantitative estimate of drug-likeness (QED) is 0.453. The number of hydrogen-bond acceptors (Lipinski definition) is 7. The molecule has 0 saturated heterocycles. The van der Waals surface area contributed by atoms with E-state index in [1.165, 1.54) is 0 Å². The average Bonchev–Trinajstić information content (AvgIpc) is 3.33. The van der Waals surface area contributed by atoms with E-state index in [1.54, 1.807) is 7.11 Å². The molecule has 1 aliphatic rings. The van der Waals surface area contributed by atoms with E-state index in [1.807, 2.05) is 42.6 Å². The summed E-state index contributed by atoms with van der Waals surface area (Å²) in [7, 11) is 1.66. The maximum absolute atomic E-state index is 6.18. The summed E-state index contributed by atoms with van der Waals surface area (Å²) in [6.45, 7) is 0.698. The molecular formula is C20H23N3O3S. The van der Waals surface area contributed by atoms with Crippen LogP contribution in [0.4, 0.5) is 5.69 Å². The molecule has 6 nitrogen and oxygen atoms in total. The van der Waals surface area contributed by atoms with E-state index in [4.69, 9.17) is 18.5 Å². The Kier molecular flexibility index (Phi) is 5.52. The lowest BCUT2D eigenvalue weighted by Crippen LogP contribution is -2.16. The number of benzene rings is 1. The van der Waals surface area contributed by atoms with E-state index >= 15 is 0 Å². The fourth-order valence-corrected chi connectivity index (χ4v) is 4.02. The molecule has 0 bridgehead atoms. The summed E-state index contributed by atoms with van der Waals surface area (Å²) in [5, 5.41) is 8.97. The van der Waals surface area contributed by atoms with Gasteiger partial charge >= 0.3 is 0 Å². The van der Waals surface area contributed by atoms with Crippen LogP contribution in [0, 0.1) is 5.92 Å². The summed E-state index contributed by atoms with van der Waals surface area (Å²) >= 11 is 0.945. The monoisotopic (exact) mass is 385 g/mol. The van der Waals surface area contributed by atoms with Crippen molar-refractivity contribution >= 4 is 29.0 Å². The predicted octanol–water partition coefficient (Wildman–Crippen LogP) is 4.62. The molecule has 3 aromatic rings. The smallest absolute Gasteiger partial charge is 0.176 e. The summed E-state index contributed by atoms with van der Waals surface area (Å²) in [4.78, 5) is 4.46.